The molecule has 1 aromatic rings. The van der Waals surface area contributed by atoms with E-state index in [1.165, 1.54) is 11.3 Å². The van der Waals surface area contributed by atoms with Gasteiger partial charge in [0.15, 0.2) is 5.01 Å². The number of carbonyl (C=O) groups excluding carboxylic acids is 3. The van der Waals surface area contributed by atoms with Gasteiger partial charge in [0.2, 0.25) is 0 Å². The molecule has 0 aromatic carbocycles. The third-order valence-electron chi connectivity index (χ3n) is 3.84. The standard InChI is InChI=1S/C18H28N4O5S/c1-6-26-16(24)12(9-19-17(25)27-18(2,3)4)20-14(23)15-21-11-7-8-22(5)10-13(11)28-15/h12H,6-10H2,1-5H3,(H,19,25)(H,20,23)/t12-/m0/s1. The van der Waals surface area contributed by atoms with E-state index in [0.29, 0.717) is 5.01 Å². The first kappa shape index (κ1) is 22.1. The van der Waals surface area contributed by atoms with Crippen LogP contribution in [0.1, 0.15) is 48.1 Å². The molecule has 0 bridgehead atoms. The Bertz CT molecular complexity index is 728. The molecule has 0 spiro atoms. The topological polar surface area (TPSA) is 110 Å². The number of nitrogens with zero attached hydrogens (tertiary/aromatic N) is 2. The normalized spacial score (nSPS) is 15.3. The summed E-state index contributed by atoms with van der Waals surface area (Å²) in [4.78, 5) is 44.3. The molecule has 1 aliphatic heterocycles. The lowest BCUT2D eigenvalue weighted by atomic mass is 10.2. The van der Waals surface area contributed by atoms with Crippen molar-refractivity contribution in [2.45, 2.75) is 52.3 Å². The van der Waals surface area contributed by atoms with Gasteiger partial charge in [-0.05, 0) is 34.7 Å². The number of rotatable bonds is 6. The summed E-state index contributed by atoms with van der Waals surface area (Å²) in [6.07, 6.45) is 0.112. The van der Waals surface area contributed by atoms with Crippen molar-refractivity contribution in [3.63, 3.8) is 0 Å². The van der Waals surface area contributed by atoms with E-state index in [9.17, 15) is 14.4 Å². The van der Waals surface area contributed by atoms with Gasteiger partial charge in [0.25, 0.3) is 5.91 Å². The summed E-state index contributed by atoms with van der Waals surface area (Å²) in [7, 11) is 2.02. The van der Waals surface area contributed by atoms with Gasteiger partial charge in [0.1, 0.15) is 11.6 Å². The van der Waals surface area contributed by atoms with Gasteiger partial charge >= 0.3 is 12.1 Å². The maximum Gasteiger partial charge on any atom is 0.407 e. The minimum Gasteiger partial charge on any atom is -0.464 e. The third-order valence-corrected chi connectivity index (χ3v) is 4.92. The van der Waals surface area contributed by atoms with Crippen molar-refractivity contribution in [3.05, 3.63) is 15.6 Å². The zero-order chi connectivity index (χ0) is 20.9. The molecule has 1 atom stereocenters. The van der Waals surface area contributed by atoms with Gasteiger partial charge in [-0.15, -0.1) is 11.3 Å². The van der Waals surface area contributed by atoms with Gasteiger partial charge in [0.05, 0.1) is 18.8 Å². The van der Waals surface area contributed by atoms with Gasteiger partial charge in [-0.1, -0.05) is 0 Å². The fourth-order valence-corrected chi connectivity index (χ4v) is 3.67. The largest absolute Gasteiger partial charge is 0.464 e. The Kier molecular flexibility index (Phi) is 7.36. The van der Waals surface area contributed by atoms with E-state index in [2.05, 4.69) is 20.5 Å². The summed E-state index contributed by atoms with van der Waals surface area (Å²) >= 11 is 1.32. The molecule has 1 aromatic heterocycles. The molecule has 2 heterocycles. The first-order valence-electron chi connectivity index (χ1n) is 9.20. The van der Waals surface area contributed by atoms with Crippen molar-refractivity contribution in [1.82, 2.24) is 20.5 Å². The van der Waals surface area contributed by atoms with Crippen molar-refractivity contribution in [2.75, 3.05) is 26.7 Å². The third kappa shape index (κ3) is 6.45. The molecule has 2 rings (SSSR count). The van der Waals surface area contributed by atoms with Crippen LogP contribution in [0.4, 0.5) is 4.79 Å². The van der Waals surface area contributed by atoms with Gasteiger partial charge in [-0.25, -0.2) is 14.6 Å². The van der Waals surface area contributed by atoms with Crippen LogP contribution in [0.5, 0.6) is 0 Å². The molecule has 0 saturated carbocycles. The van der Waals surface area contributed by atoms with Crippen LogP contribution >= 0.6 is 11.3 Å². The second-order valence-electron chi connectivity index (χ2n) is 7.54. The zero-order valence-corrected chi connectivity index (χ0v) is 17.8. The molecule has 28 heavy (non-hydrogen) atoms. The van der Waals surface area contributed by atoms with Gasteiger partial charge in [-0.2, -0.15) is 0 Å². The summed E-state index contributed by atoms with van der Waals surface area (Å²) in [5, 5.41) is 5.39. The van der Waals surface area contributed by atoms with Crippen LogP contribution in [0.15, 0.2) is 0 Å². The zero-order valence-electron chi connectivity index (χ0n) is 17.0. The van der Waals surface area contributed by atoms with E-state index in [0.717, 1.165) is 30.1 Å². The maximum atomic E-state index is 12.6. The molecule has 2 amide bonds. The van der Waals surface area contributed by atoms with E-state index in [4.69, 9.17) is 9.47 Å². The smallest absolute Gasteiger partial charge is 0.407 e. The number of amides is 2. The molecule has 1 aliphatic rings. The monoisotopic (exact) mass is 412 g/mol. The van der Waals surface area contributed by atoms with Crippen molar-refractivity contribution in [2.24, 2.45) is 0 Å². The predicted octanol–water partition coefficient (Wildman–Crippen LogP) is 1.32. The summed E-state index contributed by atoms with van der Waals surface area (Å²) in [6.45, 7) is 8.54. The molecule has 10 heteroatoms. The number of hydrogen-bond donors (Lipinski definition) is 2. The van der Waals surface area contributed by atoms with Crippen LogP contribution in [-0.2, 0) is 27.2 Å². The lowest BCUT2D eigenvalue weighted by Gasteiger charge is -2.21. The second kappa shape index (κ2) is 9.33. The summed E-state index contributed by atoms with van der Waals surface area (Å²) in [5.41, 5.74) is 0.257. The van der Waals surface area contributed by atoms with Crippen LogP contribution in [0, 0.1) is 0 Å². The maximum absolute atomic E-state index is 12.6. The fraction of sp³-hybridized carbons (Fsp3) is 0.667. The quantitative estimate of drug-likeness (QED) is 0.678. The molecule has 9 nitrogen and oxygen atoms in total. The lowest BCUT2D eigenvalue weighted by molar-refractivity contribution is -0.145. The van der Waals surface area contributed by atoms with Crippen LogP contribution in [0.25, 0.3) is 0 Å². The van der Waals surface area contributed by atoms with Crippen molar-refractivity contribution < 1.29 is 23.9 Å². The molecule has 0 radical (unpaired) electrons. The molecular weight excluding hydrogens is 384 g/mol. The number of carbonyl (C=O) groups is 3. The molecule has 0 unspecified atom stereocenters. The van der Waals surface area contributed by atoms with E-state index >= 15 is 0 Å². The highest BCUT2D eigenvalue weighted by atomic mass is 32.1. The Hall–Kier alpha value is -2.20. The van der Waals surface area contributed by atoms with E-state index in [1.807, 2.05) is 7.05 Å². The van der Waals surface area contributed by atoms with Crippen LogP contribution in [-0.4, -0.2) is 66.2 Å². The minimum absolute atomic E-state index is 0.146. The van der Waals surface area contributed by atoms with Crippen molar-refractivity contribution in [3.8, 4) is 0 Å². The van der Waals surface area contributed by atoms with Crippen LogP contribution < -0.4 is 10.6 Å². The number of thiazole rings is 1. The van der Waals surface area contributed by atoms with Gasteiger partial charge in [-0.3, -0.25) is 4.79 Å². The minimum atomic E-state index is -1.04. The molecular formula is C18H28N4O5S. The highest BCUT2D eigenvalue weighted by Gasteiger charge is 2.27. The first-order valence-corrected chi connectivity index (χ1v) is 10.0. The number of alkyl carbamates (subject to hydrolysis) is 1. The number of fused-ring (bicyclic) bond motifs is 1. The van der Waals surface area contributed by atoms with Crippen LogP contribution in [0.3, 0.4) is 0 Å². The molecule has 0 saturated heterocycles. The molecule has 156 valence electrons. The van der Waals surface area contributed by atoms with E-state index < -0.39 is 29.6 Å². The summed E-state index contributed by atoms with van der Waals surface area (Å²) in [5.74, 6) is -1.10. The molecule has 2 N–H and O–H groups in total. The Labute approximate surface area is 168 Å². The fourth-order valence-electron chi connectivity index (χ4n) is 2.58. The number of ether oxygens (including phenoxy) is 2. The molecule has 0 fully saturated rings. The summed E-state index contributed by atoms with van der Waals surface area (Å²) in [6, 6.07) is -1.04. The number of likely N-dealkylation sites (N-methyl/N-ethyl adjacent to an activating group) is 1. The summed E-state index contributed by atoms with van der Waals surface area (Å²) < 4.78 is 10.2. The Morgan fingerprint density at radius 2 is 2.04 bits per heavy atom. The average molecular weight is 413 g/mol. The SMILES string of the molecule is CCOC(=O)[C@H](CNC(=O)OC(C)(C)C)NC(=O)c1nc2c(s1)CN(C)CC2. The number of hydrogen-bond acceptors (Lipinski definition) is 8. The highest BCUT2D eigenvalue weighted by Crippen LogP contribution is 2.24. The number of nitrogens with one attached hydrogen (secondary N) is 2. The van der Waals surface area contributed by atoms with Crippen LogP contribution in [0.2, 0.25) is 0 Å². The highest BCUT2D eigenvalue weighted by molar-refractivity contribution is 7.13. The van der Waals surface area contributed by atoms with Gasteiger partial charge in [0, 0.05) is 24.4 Å². The Balaban J connectivity index is 2.02. The van der Waals surface area contributed by atoms with Crippen molar-refractivity contribution >= 4 is 29.3 Å². The van der Waals surface area contributed by atoms with Gasteiger partial charge < -0.3 is 25.0 Å². The van der Waals surface area contributed by atoms with E-state index in [1.54, 1.807) is 27.7 Å². The van der Waals surface area contributed by atoms with Crippen molar-refractivity contribution in [1.29, 1.82) is 0 Å². The lowest BCUT2D eigenvalue weighted by Crippen LogP contribution is -2.49. The Morgan fingerprint density at radius 3 is 2.68 bits per heavy atom. The molecule has 0 aliphatic carbocycles. The first-order chi connectivity index (χ1) is 13.1. The predicted molar refractivity (Wildman–Crippen MR) is 104 cm³/mol. The number of esters is 1. The number of aromatic nitrogens is 1. The Morgan fingerprint density at radius 1 is 1.32 bits per heavy atom. The average Bonchev–Trinajstić information content (AvgIpc) is 3.00. The second-order valence-corrected chi connectivity index (χ2v) is 8.62. The van der Waals surface area contributed by atoms with E-state index in [-0.39, 0.29) is 13.2 Å².